The number of hydrogen-bond donors (Lipinski definition) is 2. The Morgan fingerprint density at radius 2 is 2.08 bits per heavy atom. The van der Waals surface area contributed by atoms with Crippen molar-refractivity contribution in [2.45, 2.75) is 38.1 Å². The average molecular weight is 529 g/mol. The zero-order chi connectivity index (χ0) is 25.9. The molecule has 0 spiro atoms. The number of nitrogens with zero attached hydrogens (tertiary/aromatic N) is 2. The lowest BCUT2D eigenvalue weighted by atomic mass is 10.0. The van der Waals surface area contributed by atoms with Gasteiger partial charge in [-0.2, -0.15) is 0 Å². The van der Waals surface area contributed by atoms with Crippen LogP contribution in [-0.4, -0.2) is 54.2 Å². The van der Waals surface area contributed by atoms with Gasteiger partial charge in [0.15, 0.2) is 5.76 Å². The van der Waals surface area contributed by atoms with Crippen LogP contribution < -0.4 is 15.4 Å². The van der Waals surface area contributed by atoms with Crippen molar-refractivity contribution >= 4 is 23.6 Å². The van der Waals surface area contributed by atoms with Crippen molar-refractivity contribution in [3.63, 3.8) is 0 Å². The van der Waals surface area contributed by atoms with Crippen molar-refractivity contribution in [1.29, 1.82) is 0 Å². The molecule has 3 heterocycles. The van der Waals surface area contributed by atoms with Crippen LogP contribution in [-0.2, 0) is 17.8 Å². The van der Waals surface area contributed by atoms with Gasteiger partial charge in [0.2, 0.25) is 5.89 Å². The van der Waals surface area contributed by atoms with E-state index in [4.69, 9.17) is 25.5 Å². The first-order valence-electron chi connectivity index (χ1n) is 12.0. The van der Waals surface area contributed by atoms with Gasteiger partial charge in [0.25, 0.3) is 5.91 Å². The van der Waals surface area contributed by atoms with Gasteiger partial charge in [-0.1, -0.05) is 23.7 Å². The van der Waals surface area contributed by atoms with Crippen LogP contribution in [0, 0.1) is 5.82 Å². The fourth-order valence-electron chi connectivity index (χ4n) is 4.51. The third-order valence-electron chi connectivity index (χ3n) is 6.42. The second-order valence-corrected chi connectivity index (χ2v) is 9.41. The summed E-state index contributed by atoms with van der Waals surface area (Å²) in [6.07, 6.45) is 2.05. The number of piperidine rings is 1. The lowest BCUT2D eigenvalue weighted by Crippen LogP contribution is -2.44. The number of nitrogens with one attached hydrogen (secondary N) is 2. The predicted molar refractivity (Wildman–Crippen MR) is 133 cm³/mol. The first-order chi connectivity index (χ1) is 17.9. The van der Waals surface area contributed by atoms with Crippen molar-refractivity contribution in [2.24, 2.45) is 0 Å². The maximum Gasteiger partial charge on any atom is 0.410 e. The molecular weight excluding hydrogens is 503 g/mol. The number of hydrogen-bond acceptors (Lipinski definition) is 7. The Balaban J connectivity index is 1.40. The minimum atomic E-state index is -0.716. The van der Waals surface area contributed by atoms with Crippen LogP contribution in [0.1, 0.15) is 34.7 Å². The van der Waals surface area contributed by atoms with E-state index in [2.05, 4.69) is 15.6 Å². The zero-order valence-corrected chi connectivity index (χ0v) is 20.9. The van der Waals surface area contributed by atoms with E-state index in [9.17, 15) is 9.59 Å². The average Bonchev–Trinajstić information content (AvgIpc) is 3.51. The van der Waals surface area contributed by atoms with Crippen LogP contribution in [0.3, 0.4) is 0 Å². The van der Waals surface area contributed by atoms with Crippen molar-refractivity contribution in [3.05, 3.63) is 70.5 Å². The minimum absolute atomic E-state index is 0.0789. The molecule has 2 saturated heterocycles. The van der Waals surface area contributed by atoms with Gasteiger partial charge in [0.05, 0.1) is 29.9 Å². The number of cyclic esters (lactones) is 1. The highest BCUT2D eigenvalue weighted by Gasteiger charge is 2.39. The van der Waals surface area contributed by atoms with E-state index < -0.39 is 11.7 Å². The summed E-state index contributed by atoms with van der Waals surface area (Å²) in [5, 5.41) is 6.28. The van der Waals surface area contributed by atoms with Gasteiger partial charge in [-0.05, 0) is 36.9 Å². The molecule has 0 radical (unpaired) electrons. The first-order valence-corrected chi connectivity index (χ1v) is 12.3. The lowest BCUT2D eigenvalue weighted by molar-refractivity contribution is 0.0914. The Morgan fingerprint density at radius 3 is 2.86 bits per heavy atom. The van der Waals surface area contributed by atoms with Gasteiger partial charge in [-0.15, -0.1) is 0 Å². The standard InChI is InChI=1S/C26H26ClFN4O5/c1-29-13-24-30-12-23(37-24)20-9-21(28)19(25(33)31-11-15-2-4-16(27)5-3-15)10-22(20)36-18-6-7-32-17(8-18)14-35-26(32)34/h2-5,9-10,12,17-18,29H,6-8,11,13-14H2,1H3,(H,31,33)/t17-,18-/m0/s1. The molecule has 37 heavy (non-hydrogen) atoms. The van der Waals surface area contributed by atoms with Crippen molar-refractivity contribution < 1.29 is 27.9 Å². The van der Waals surface area contributed by atoms with Gasteiger partial charge in [0.1, 0.15) is 24.3 Å². The Labute approximate surface area is 217 Å². The smallest absolute Gasteiger partial charge is 0.410 e. The number of amides is 2. The van der Waals surface area contributed by atoms with E-state index in [-0.39, 0.29) is 30.3 Å². The number of rotatable bonds is 8. The van der Waals surface area contributed by atoms with E-state index in [0.717, 1.165) is 5.56 Å². The molecule has 2 fully saturated rings. The van der Waals surface area contributed by atoms with Gasteiger partial charge in [-0.3, -0.25) is 4.79 Å². The van der Waals surface area contributed by atoms with Crippen LogP contribution >= 0.6 is 11.6 Å². The second kappa shape index (κ2) is 10.8. The Morgan fingerprint density at radius 1 is 1.27 bits per heavy atom. The molecule has 1 aromatic heterocycles. The summed E-state index contributed by atoms with van der Waals surface area (Å²) in [5.74, 6) is -0.240. The second-order valence-electron chi connectivity index (χ2n) is 8.97. The molecule has 0 unspecified atom stereocenters. The van der Waals surface area contributed by atoms with E-state index >= 15 is 4.39 Å². The normalized spacial score (nSPS) is 18.9. The monoisotopic (exact) mass is 528 g/mol. The van der Waals surface area contributed by atoms with Crippen molar-refractivity contribution in [1.82, 2.24) is 20.5 Å². The molecule has 2 N–H and O–H groups in total. The van der Waals surface area contributed by atoms with E-state index in [0.29, 0.717) is 60.5 Å². The quantitative estimate of drug-likeness (QED) is 0.452. The number of aromatic nitrogens is 1. The highest BCUT2D eigenvalue weighted by Crippen LogP contribution is 2.36. The van der Waals surface area contributed by atoms with Gasteiger partial charge < -0.3 is 29.4 Å². The number of fused-ring (bicyclic) bond motifs is 1. The molecule has 0 saturated carbocycles. The molecule has 0 aliphatic carbocycles. The lowest BCUT2D eigenvalue weighted by Gasteiger charge is -2.33. The topological polar surface area (TPSA) is 106 Å². The summed E-state index contributed by atoms with van der Waals surface area (Å²) in [5.41, 5.74) is 1.02. The summed E-state index contributed by atoms with van der Waals surface area (Å²) in [4.78, 5) is 30.7. The molecule has 2 aromatic carbocycles. The number of carbonyl (C=O) groups is 2. The Kier molecular flexibility index (Phi) is 7.29. The molecule has 2 atom stereocenters. The van der Waals surface area contributed by atoms with Crippen LogP contribution in [0.15, 0.2) is 47.0 Å². The molecule has 5 rings (SSSR count). The van der Waals surface area contributed by atoms with Gasteiger partial charge in [-0.25, -0.2) is 14.2 Å². The molecule has 0 bridgehead atoms. The number of benzene rings is 2. The number of ether oxygens (including phenoxy) is 2. The fraction of sp³-hybridized carbons (Fsp3) is 0.346. The molecule has 11 heteroatoms. The molecule has 2 aliphatic rings. The van der Waals surface area contributed by atoms with Crippen LogP contribution in [0.5, 0.6) is 5.75 Å². The molecule has 9 nitrogen and oxygen atoms in total. The molecular formula is C26H26ClFN4O5. The zero-order valence-electron chi connectivity index (χ0n) is 20.1. The predicted octanol–water partition coefficient (Wildman–Crippen LogP) is 4.15. The van der Waals surface area contributed by atoms with Gasteiger partial charge in [0, 0.05) is 31.0 Å². The SMILES string of the molecule is CNCc1ncc(-c2cc(F)c(C(=O)NCc3ccc(Cl)cc3)cc2O[C@H]2CCN3C(=O)OC[C@@H]3C2)o1. The van der Waals surface area contributed by atoms with Crippen LogP contribution in [0.25, 0.3) is 11.3 Å². The third-order valence-corrected chi connectivity index (χ3v) is 6.67. The summed E-state index contributed by atoms with van der Waals surface area (Å²) in [6.45, 7) is 1.41. The van der Waals surface area contributed by atoms with Crippen LogP contribution in [0.4, 0.5) is 9.18 Å². The molecule has 3 aromatic rings. The Bertz CT molecular complexity index is 1300. The number of carbonyl (C=O) groups excluding carboxylic acids is 2. The molecule has 194 valence electrons. The maximum atomic E-state index is 15.2. The maximum absolute atomic E-state index is 15.2. The number of oxazole rings is 1. The van der Waals surface area contributed by atoms with Crippen LogP contribution in [0.2, 0.25) is 5.02 Å². The molecule has 2 amide bonds. The number of halogens is 2. The van der Waals surface area contributed by atoms with Crippen molar-refractivity contribution in [3.8, 4) is 17.1 Å². The molecule has 2 aliphatic heterocycles. The summed E-state index contributed by atoms with van der Waals surface area (Å²) in [7, 11) is 1.76. The third kappa shape index (κ3) is 5.55. The summed E-state index contributed by atoms with van der Waals surface area (Å²) < 4.78 is 32.5. The fourth-order valence-corrected chi connectivity index (χ4v) is 4.64. The first kappa shape index (κ1) is 25.0. The largest absolute Gasteiger partial charge is 0.489 e. The van der Waals surface area contributed by atoms with E-state index in [1.54, 1.807) is 36.2 Å². The highest BCUT2D eigenvalue weighted by molar-refractivity contribution is 6.30. The highest BCUT2D eigenvalue weighted by atomic mass is 35.5. The van der Waals surface area contributed by atoms with Crippen molar-refractivity contribution in [2.75, 3.05) is 20.2 Å². The van der Waals surface area contributed by atoms with E-state index in [1.165, 1.54) is 18.3 Å². The summed E-state index contributed by atoms with van der Waals surface area (Å²) >= 11 is 5.92. The van der Waals surface area contributed by atoms with Gasteiger partial charge >= 0.3 is 6.09 Å². The Hall–Kier alpha value is -3.63. The summed E-state index contributed by atoms with van der Waals surface area (Å²) in [6, 6.07) is 9.56. The minimum Gasteiger partial charge on any atom is -0.489 e. The van der Waals surface area contributed by atoms with E-state index in [1.807, 2.05) is 0 Å².